The largest absolute Gasteiger partial charge is 0.309 e. The number of hydrogen-bond donors (Lipinski definition) is 1. The van der Waals surface area contributed by atoms with Crippen molar-refractivity contribution >= 4 is 29.4 Å². The lowest BCUT2D eigenvalue weighted by Gasteiger charge is -2.10. The van der Waals surface area contributed by atoms with Gasteiger partial charge in [0.05, 0.1) is 18.3 Å². The van der Waals surface area contributed by atoms with E-state index in [0.717, 1.165) is 16.7 Å². The molecule has 4 nitrogen and oxygen atoms in total. The molecule has 0 aliphatic rings. The molecular formula is C22H19ClFN3O. The highest BCUT2D eigenvalue weighted by molar-refractivity contribution is 6.30. The van der Waals surface area contributed by atoms with Gasteiger partial charge >= 0.3 is 0 Å². The summed E-state index contributed by atoms with van der Waals surface area (Å²) in [6, 6.07) is 13.1. The van der Waals surface area contributed by atoms with Gasteiger partial charge in [-0.2, -0.15) is 0 Å². The Morgan fingerprint density at radius 3 is 2.43 bits per heavy atom. The third-order valence-electron chi connectivity index (χ3n) is 3.90. The molecule has 28 heavy (non-hydrogen) atoms. The van der Waals surface area contributed by atoms with Crippen molar-refractivity contribution in [3.63, 3.8) is 0 Å². The summed E-state index contributed by atoms with van der Waals surface area (Å²) in [5, 5.41) is 3.44. The molecule has 0 aliphatic heterocycles. The van der Waals surface area contributed by atoms with E-state index >= 15 is 0 Å². The Bertz CT molecular complexity index is 1010. The number of amides is 1. The van der Waals surface area contributed by atoms with Crippen molar-refractivity contribution in [3.05, 3.63) is 82.4 Å². The molecule has 0 atom stereocenters. The number of benzene rings is 2. The topological polar surface area (TPSA) is 54.9 Å². The maximum atomic E-state index is 13.2. The molecule has 142 valence electrons. The first-order valence-electron chi connectivity index (χ1n) is 8.73. The van der Waals surface area contributed by atoms with E-state index in [4.69, 9.17) is 11.6 Å². The minimum absolute atomic E-state index is 0.199. The second-order valence-electron chi connectivity index (χ2n) is 6.57. The number of halogens is 2. The summed E-state index contributed by atoms with van der Waals surface area (Å²) < 4.78 is 13.2. The molecule has 1 amide bonds. The van der Waals surface area contributed by atoms with Crippen LogP contribution in [-0.4, -0.2) is 15.9 Å². The summed E-state index contributed by atoms with van der Waals surface area (Å²) in [6.07, 6.45) is 3.61. The Morgan fingerprint density at radius 2 is 1.79 bits per heavy atom. The van der Waals surface area contributed by atoms with E-state index in [1.807, 2.05) is 32.1 Å². The summed E-state index contributed by atoms with van der Waals surface area (Å²) in [7, 11) is 0. The summed E-state index contributed by atoms with van der Waals surface area (Å²) in [6.45, 7) is 3.87. The first-order chi connectivity index (χ1) is 13.4. The number of nitrogens with one attached hydrogen (secondary N) is 1. The molecule has 0 unspecified atom stereocenters. The maximum Gasteiger partial charge on any atom is 0.230 e. The van der Waals surface area contributed by atoms with Crippen LogP contribution < -0.4 is 5.32 Å². The molecule has 0 radical (unpaired) electrons. The van der Waals surface area contributed by atoms with Gasteiger partial charge in [-0.05, 0) is 61.9 Å². The van der Waals surface area contributed by atoms with Crippen molar-refractivity contribution in [2.75, 3.05) is 5.32 Å². The second kappa shape index (κ2) is 8.76. The quantitative estimate of drug-likeness (QED) is 0.617. The lowest BCUT2D eigenvalue weighted by atomic mass is 10.1. The molecule has 3 aromatic rings. The van der Waals surface area contributed by atoms with Crippen molar-refractivity contribution in [1.82, 2.24) is 9.97 Å². The van der Waals surface area contributed by atoms with Crippen LogP contribution >= 0.6 is 11.6 Å². The Kier molecular flexibility index (Phi) is 6.16. The van der Waals surface area contributed by atoms with Gasteiger partial charge in [-0.3, -0.25) is 4.79 Å². The van der Waals surface area contributed by atoms with E-state index in [1.54, 1.807) is 30.5 Å². The third kappa shape index (κ3) is 5.24. The first kappa shape index (κ1) is 19.7. The highest BCUT2D eigenvalue weighted by atomic mass is 35.5. The number of rotatable bonds is 5. The van der Waals surface area contributed by atoms with Gasteiger partial charge < -0.3 is 5.32 Å². The lowest BCUT2D eigenvalue weighted by molar-refractivity contribution is -0.115. The maximum absolute atomic E-state index is 13.2. The zero-order valence-corrected chi connectivity index (χ0v) is 16.3. The van der Waals surface area contributed by atoms with E-state index < -0.39 is 0 Å². The van der Waals surface area contributed by atoms with Crippen molar-refractivity contribution in [2.24, 2.45) is 0 Å². The molecule has 1 N–H and O–H groups in total. The van der Waals surface area contributed by atoms with E-state index in [-0.39, 0.29) is 18.1 Å². The first-order valence-corrected chi connectivity index (χ1v) is 9.10. The van der Waals surface area contributed by atoms with Crippen LogP contribution in [0.4, 0.5) is 10.2 Å². The van der Waals surface area contributed by atoms with E-state index in [0.29, 0.717) is 22.2 Å². The molecule has 1 aromatic heterocycles. The summed E-state index contributed by atoms with van der Waals surface area (Å²) >= 11 is 5.88. The zero-order valence-electron chi connectivity index (χ0n) is 15.5. The van der Waals surface area contributed by atoms with Crippen LogP contribution in [0.2, 0.25) is 5.02 Å². The predicted octanol–water partition coefficient (Wildman–Crippen LogP) is 5.54. The fraction of sp³-hybridized carbons (Fsp3) is 0.136. The van der Waals surface area contributed by atoms with Crippen LogP contribution in [-0.2, 0) is 11.2 Å². The zero-order chi connectivity index (χ0) is 20.1. The number of aromatic nitrogens is 2. The Hall–Kier alpha value is -3.05. The lowest BCUT2D eigenvalue weighted by Crippen LogP contribution is -2.16. The number of allylic oxidation sites excluding steroid dienone is 1. The number of carbonyl (C=O) groups is 1. The molecule has 0 spiro atoms. The van der Waals surface area contributed by atoms with Crippen molar-refractivity contribution in [1.29, 1.82) is 0 Å². The van der Waals surface area contributed by atoms with E-state index in [9.17, 15) is 9.18 Å². The van der Waals surface area contributed by atoms with Gasteiger partial charge in [0.15, 0.2) is 5.82 Å². The SMILES string of the molecule is CC(C)=Cc1nc(-c2ccc(F)cc2)cnc1NC(=O)Cc1ccc(Cl)cc1. The number of hydrogen-bond acceptors (Lipinski definition) is 3. The number of carbonyl (C=O) groups excluding carboxylic acids is 1. The highest BCUT2D eigenvalue weighted by Gasteiger charge is 2.11. The highest BCUT2D eigenvalue weighted by Crippen LogP contribution is 2.22. The molecule has 0 aliphatic carbocycles. The van der Waals surface area contributed by atoms with Gasteiger partial charge in [-0.15, -0.1) is 0 Å². The van der Waals surface area contributed by atoms with Gasteiger partial charge in [0.25, 0.3) is 0 Å². The molecule has 3 rings (SSSR count). The minimum atomic E-state index is -0.313. The summed E-state index contributed by atoms with van der Waals surface area (Å²) in [5.74, 6) is -0.132. The van der Waals surface area contributed by atoms with Crippen LogP contribution in [0.3, 0.4) is 0 Å². The Balaban J connectivity index is 1.85. The van der Waals surface area contributed by atoms with Gasteiger partial charge in [-0.25, -0.2) is 14.4 Å². The van der Waals surface area contributed by atoms with Gasteiger partial charge in [0.1, 0.15) is 11.5 Å². The molecule has 0 fully saturated rings. The van der Waals surface area contributed by atoms with Gasteiger partial charge in [0.2, 0.25) is 5.91 Å². The van der Waals surface area contributed by atoms with Crippen LogP contribution in [0.1, 0.15) is 25.1 Å². The van der Waals surface area contributed by atoms with Crippen molar-refractivity contribution < 1.29 is 9.18 Å². The van der Waals surface area contributed by atoms with Gasteiger partial charge in [-0.1, -0.05) is 29.3 Å². The van der Waals surface area contributed by atoms with E-state index in [1.165, 1.54) is 12.1 Å². The Morgan fingerprint density at radius 1 is 1.11 bits per heavy atom. The predicted molar refractivity (Wildman–Crippen MR) is 111 cm³/mol. The van der Waals surface area contributed by atoms with Crippen molar-refractivity contribution in [3.8, 4) is 11.3 Å². The molecule has 0 saturated heterocycles. The molecule has 1 heterocycles. The van der Waals surface area contributed by atoms with Gasteiger partial charge in [0, 0.05) is 10.6 Å². The second-order valence-corrected chi connectivity index (χ2v) is 7.01. The number of anilines is 1. The average molecular weight is 396 g/mol. The smallest absolute Gasteiger partial charge is 0.230 e. The van der Waals surface area contributed by atoms with E-state index in [2.05, 4.69) is 15.3 Å². The average Bonchev–Trinajstić information content (AvgIpc) is 2.65. The molecule has 0 bridgehead atoms. The monoisotopic (exact) mass is 395 g/mol. The molecule has 6 heteroatoms. The fourth-order valence-electron chi connectivity index (χ4n) is 2.60. The summed E-state index contributed by atoms with van der Waals surface area (Å²) in [5.41, 5.74) is 3.76. The fourth-order valence-corrected chi connectivity index (χ4v) is 2.72. The number of nitrogens with zero attached hydrogens (tertiary/aromatic N) is 2. The normalized spacial score (nSPS) is 10.4. The van der Waals surface area contributed by atoms with Crippen LogP contribution in [0.25, 0.3) is 17.3 Å². The van der Waals surface area contributed by atoms with Crippen LogP contribution in [0, 0.1) is 5.82 Å². The standard InChI is InChI=1S/C22H19ClFN3O/c1-14(2)11-19-22(27-21(28)12-15-3-7-17(23)8-4-15)25-13-20(26-19)16-5-9-18(24)10-6-16/h3-11,13H,12H2,1-2H3,(H,25,27,28). The summed E-state index contributed by atoms with van der Waals surface area (Å²) in [4.78, 5) is 21.4. The third-order valence-corrected chi connectivity index (χ3v) is 4.15. The van der Waals surface area contributed by atoms with Crippen LogP contribution in [0.15, 0.2) is 60.3 Å². The molecule has 0 saturated carbocycles. The van der Waals surface area contributed by atoms with Crippen LogP contribution in [0.5, 0.6) is 0 Å². The minimum Gasteiger partial charge on any atom is -0.309 e. The molecular weight excluding hydrogens is 377 g/mol. The molecule has 2 aromatic carbocycles. The van der Waals surface area contributed by atoms with Crippen molar-refractivity contribution in [2.45, 2.75) is 20.3 Å². The Labute approximate surface area is 168 Å².